The highest BCUT2D eigenvalue weighted by atomic mass is 16.5. The molecule has 6 heteroatoms. The molecule has 4 heterocycles. The third-order valence-electron chi connectivity index (χ3n) is 5.15. The number of nitrogens with zero attached hydrogens (tertiary/aromatic N) is 3. The number of nitrogens with one attached hydrogen (secondary N) is 1. The van der Waals surface area contributed by atoms with Crippen molar-refractivity contribution in [3.05, 3.63) is 12.3 Å². The Bertz CT molecular complexity index is 521. The lowest BCUT2D eigenvalue weighted by Crippen LogP contribution is -2.47. The second-order valence-electron chi connectivity index (χ2n) is 6.85. The first-order chi connectivity index (χ1) is 11.4. The molecule has 3 saturated heterocycles. The Labute approximate surface area is 137 Å². The highest BCUT2D eigenvalue weighted by Crippen LogP contribution is 2.30. The van der Waals surface area contributed by atoms with Crippen molar-refractivity contribution in [2.24, 2.45) is 5.92 Å². The van der Waals surface area contributed by atoms with Crippen molar-refractivity contribution in [2.45, 2.75) is 44.2 Å². The molecule has 3 fully saturated rings. The van der Waals surface area contributed by atoms with E-state index in [0.29, 0.717) is 18.1 Å². The molecule has 0 aromatic carbocycles. The lowest BCUT2D eigenvalue weighted by Gasteiger charge is -2.41. The van der Waals surface area contributed by atoms with E-state index in [0.717, 1.165) is 63.9 Å². The second-order valence-corrected chi connectivity index (χ2v) is 6.85. The summed E-state index contributed by atoms with van der Waals surface area (Å²) >= 11 is 0. The first-order valence-corrected chi connectivity index (χ1v) is 8.92. The predicted octanol–water partition coefficient (Wildman–Crippen LogP) is 2.07. The van der Waals surface area contributed by atoms with Crippen LogP contribution >= 0.6 is 0 Å². The van der Waals surface area contributed by atoms with Gasteiger partial charge in [0.2, 0.25) is 5.95 Å². The molecule has 3 aliphatic heterocycles. The van der Waals surface area contributed by atoms with Crippen LogP contribution in [-0.2, 0) is 9.47 Å². The van der Waals surface area contributed by atoms with Gasteiger partial charge in [0.05, 0.1) is 18.8 Å². The maximum Gasteiger partial charge on any atom is 0.227 e. The maximum atomic E-state index is 5.90. The molecule has 0 aliphatic carbocycles. The molecule has 3 atom stereocenters. The van der Waals surface area contributed by atoms with Crippen LogP contribution in [0.1, 0.15) is 32.1 Å². The van der Waals surface area contributed by atoms with E-state index < -0.39 is 0 Å². The van der Waals surface area contributed by atoms with Gasteiger partial charge < -0.3 is 19.7 Å². The van der Waals surface area contributed by atoms with E-state index in [1.165, 1.54) is 12.8 Å². The van der Waals surface area contributed by atoms with E-state index in [1.807, 2.05) is 12.3 Å². The number of rotatable bonds is 3. The average molecular weight is 318 g/mol. The van der Waals surface area contributed by atoms with Crippen molar-refractivity contribution in [1.29, 1.82) is 0 Å². The van der Waals surface area contributed by atoms with Crippen LogP contribution in [0.3, 0.4) is 0 Å². The highest BCUT2D eigenvalue weighted by Gasteiger charge is 2.33. The lowest BCUT2D eigenvalue weighted by atomic mass is 9.89. The Hall–Kier alpha value is -1.40. The normalized spacial score (nSPS) is 31.5. The molecule has 0 spiro atoms. The van der Waals surface area contributed by atoms with Crippen molar-refractivity contribution < 1.29 is 9.47 Å². The molecular weight excluding hydrogens is 292 g/mol. The van der Waals surface area contributed by atoms with E-state index >= 15 is 0 Å². The summed E-state index contributed by atoms with van der Waals surface area (Å²) in [6.07, 6.45) is 8.09. The molecule has 1 aromatic rings. The summed E-state index contributed by atoms with van der Waals surface area (Å²) in [6, 6.07) is 2.32. The molecular formula is C17H26N4O2. The number of fused-ring (bicyclic) bond motifs is 1. The summed E-state index contributed by atoms with van der Waals surface area (Å²) < 4.78 is 11.4. The largest absolute Gasteiger partial charge is 0.379 e. The van der Waals surface area contributed by atoms with Crippen LogP contribution in [0, 0.1) is 5.92 Å². The van der Waals surface area contributed by atoms with E-state index in [1.54, 1.807) is 0 Å². The summed E-state index contributed by atoms with van der Waals surface area (Å²) in [6.45, 7) is 4.58. The Balaban J connectivity index is 1.41. The molecule has 0 amide bonds. The first kappa shape index (κ1) is 15.1. The lowest BCUT2D eigenvalue weighted by molar-refractivity contribution is -0.0359. The van der Waals surface area contributed by atoms with Gasteiger partial charge in [-0.05, 0) is 38.2 Å². The van der Waals surface area contributed by atoms with Crippen LogP contribution in [0.25, 0.3) is 0 Å². The standard InChI is InChI=1S/C17H26N4O2/c1-3-13-11-21(8-6-15(13)23-10-1)17-18-7-5-16(20-17)19-14-4-2-9-22-12-14/h5,7,13-15H,1-4,6,8-12H2,(H,18,19,20)/t13-,14+,15+/m0/s1. The molecule has 0 bridgehead atoms. The number of piperidine rings is 1. The zero-order valence-electron chi connectivity index (χ0n) is 13.6. The van der Waals surface area contributed by atoms with Gasteiger partial charge in [0.1, 0.15) is 5.82 Å². The number of hydrogen-bond donors (Lipinski definition) is 1. The van der Waals surface area contributed by atoms with Gasteiger partial charge in [-0.1, -0.05) is 0 Å². The van der Waals surface area contributed by atoms with E-state index in [9.17, 15) is 0 Å². The molecule has 3 aliphatic rings. The number of anilines is 2. The predicted molar refractivity (Wildman–Crippen MR) is 88.8 cm³/mol. The minimum Gasteiger partial charge on any atom is -0.379 e. The van der Waals surface area contributed by atoms with E-state index in [2.05, 4.69) is 15.2 Å². The zero-order valence-corrected chi connectivity index (χ0v) is 13.6. The van der Waals surface area contributed by atoms with Gasteiger partial charge in [-0.2, -0.15) is 4.98 Å². The van der Waals surface area contributed by atoms with Gasteiger partial charge in [-0.3, -0.25) is 0 Å². The van der Waals surface area contributed by atoms with Gasteiger partial charge in [0, 0.05) is 38.4 Å². The first-order valence-electron chi connectivity index (χ1n) is 8.92. The molecule has 0 saturated carbocycles. The van der Waals surface area contributed by atoms with Crippen LogP contribution in [0.2, 0.25) is 0 Å². The van der Waals surface area contributed by atoms with Crippen molar-refractivity contribution in [1.82, 2.24) is 9.97 Å². The summed E-state index contributed by atoms with van der Waals surface area (Å²) in [5.41, 5.74) is 0. The Morgan fingerprint density at radius 1 is 1.17 bits per heavy atom. The molecule has 0 unspecified atom stereocenters. The fraction of sp³-hybridized carbons (Fsp3) is 0.765. The topological polar surface area (TPSA) is 59.5 Å². The maximum absolute atomic E-state index is 5.90. The second kappa shape index (κ2) is 7.01. The Morgan fingerprint density at radius 2 is 2.13 bits per heavy atom. The molecule has 6 nitrogen and oxygen atoms in total. The monoisotopic (exact) mass is 318 g/mol. The quantitative estimate of drug-likeness (QED) is 0.921. The SMILES string of the molecule is c1cc(N[C@@H]2CCCOC2)nc(N2CC[C@H]3OCCC[C@H]3C2)n1. The van der Waals surface area contributed by atoms with E-state index in [4.69, 9.17) is 14.5 Å². The third kappa shape index (κ3) is 3.58. The number of hydrogen-bond acceptors (Lipinski definition) is 6. The summed E-state index contributed by atoms with van der Waals surface area (Å²) in [4.78, 5) is 11.5. The van der Waals surface area contributed by atoms with Crippen molar-refractivity contribution in [3.63, 3.8) is 0 Å². The van der Waals surface area contributed by atoms with Crippen LogP contribution in [0.4, 0.5) is 11.8 Å². The van der Waals surface area contributed by atoms with Gasteiger partial charge in [0.15, 0.2) is 0 Å². The smallest absolute Gasteiger partial charge is 0.227 e. The zero-order chi connectivity index (χ0) is 15.5. The van der Waals surface area contributed by atoms with Gasteiger partial charge in [-0.15, -0.1) is 0 Å². The molecule has 126 valence electrons. The average Bonchev–Trinajstić information content (AvgIpc) is 2.62. The molecule has 4 rings (SSSR count). The summed E-state index contributed by atoms with van der Waals surface area (Å²) in [7, 11) is 0. The molecule has 1 N–H and O–H groups in total. The summed E-state index contributed by atoms with van der Waals surface area (Å²) in [5.74, 6) is 2.38. The molecule has 1 aromatic heterocycles. The molecule has 0 radical (unpaired) electrons. The van der Waals surface area contributed by atoms with Crippen LogP contribution in [-0.4, -0.2) is 55.0 Å². The van der Waals surface area contributed by atoms with E-state index in [-0.39, 0.29) is 0 Å². The fourth-order valence-corrected chi connectivity index (χ4v) is 3.91. The van der Waals surface area contributed by atoms with Crippen molar-refractivity contribution in [3.8, 4) is 0 Å². The van der Waals surface area contributed by atoms with Gasteiger partial charge in [0.25, 0.3) is 0 Å². The van der Waals surface area contributed by atoms with Gasteiger partial charge >= 0.3 is 0 Å². The number of aromatic nitrogens is 2. The van der Waals surface area contributed by atoms with Crippen LogP contribution < -0.4 is 10.2 Å². The minimum atomic E-state index is 0.365. The van der Waals surface area contributed by atoms with Crippen LogP contribution in [0.5, 0.6) is 0 Å². The van der Waals surface area contributed by atoms with Crippen molar-refractivity contribution >= 4 is 11.8 Å². The van der Waals surface area contributed by atoms with Gasteiger partial charge in [-0.25, -0.2) is 4.98 Å². The Morgan fingerprint density at radius 3 is 3.04 bits per heavy atom. The minimum absolute atomic E-state index is 0.365. The Kier molecular flexibility index (Phi) is 4.62. The highest BCUT2D eigenvalue weighted by molar-refractivity contribution is 5.42. The number of ether oxygens (including phenoxy) is 2. The summed E-state index contributed by atoms with van der Waals surface area (Å²) in [5, 5.41) is 3.49. The molecule has 23 heavy (non-hydrogen) atoms. The van der Waals surface area contributed by atoms with Crippen molar-refractivity contribution in [2.75, 3.05) is 43.1 Å². The third-order valence-corrected chi connectivity index (χ3v) is 5.15. The van der Waals surface area contributed by atoms with Crippen LogP contribution in [0.15, 0.2) is 12.3 Å². The fourth-order valence-electron chi connectivity index (χ4n) is 3.91.